The van der Waals surface area contributed by atoms with Gasteiger partial charge in [0.15, 0.2) is 0 Å². The number of amides is 3. The maximum absolute atomic E-state index is 13.0. The molecule has 3 amide bonds. The monoisotopic (exact) mass is 482 g/mol. The standard InChI is InChI=1S/C29H30N4O3/c1-19(2)32(16-20-6-4-3-5-7-20)17-21-12-13-30-25(14-21)22-8-9-24-23(15-22)18-33(29(24)36)26-10-11-27(34)31-28(26)35/h3-9,12-15,19,26H,10-11,16-18H2,1-2H3,(H,31,34,35). The van der Waals surface area contributed by atoms with Crippen molar-refractivity contribution in [1.82, 2.24) is 20.1 Å². The average molecular weight is 483 g/mol. The van der Waals surface area contributed by atoms with E-state index in [4.69, 9.17) is 0 Å². The number of piperidine rings is 1. The van der Waals surface area contributed by atoms with Gasteiger partial charge in [-0.3, -0.25) is 29.6 Å². The van der Waals surface area contributed by atoms with Gasteiger partial charge in [0.25, 0.3) is 5.91 Å². The zero-order chi connectivity index (χ0) is 25.2. The molecule has 1 fully saturated rings. The summed E-state index contributed by atoms with van der Waals surface area (Å²) in [6, 6.07) is 20.1. The number of carbonyl (C=O) groups is 3. The summed E-state index contributed by atoms with van der Waals surface area (Å²) in [6.07, 6.45) is 2.44. The lowest BCUT2D eigenvalue weighted by atomic mass is 10.0. The number of hydrogen-bond donors (Lipinski definition) is 1. The molecule has 3 heterocycles. The third-order valence-corrected chi connectivity index (χ3v) is 6.99. The van der Waals surface area contributed by atoms with E-state index in [2.05, 4.69) is 59.4 Å². The highest BCUT2D eigenvalue weighted by Crippen LogP contribution is 2.31. The third kappa shape index (κ3) is 4.93. The van der Waals surface area contributed by atoms with Crippen molar-refractivity contribution in [2.24, 2.45) is 0 Å². The molecule has 0 saturated carbocycles. The summed E-state index contributed by atoms with van der Waals surface area (Å²) >= 11 is 0. The second-order valence-corrected chi connectivity index (χ2v) is 9.81. The first-order valence-electron chi connectivity index (χ1n) is 12.4. The number of rotatable bonds is 7. The third-order valence-electron chi connectivity index (χ3n) is 6.99. The molecule has 0 radical (unpaired) electrons. The molecule has 1 saturated heterocycles. The van der Waals surface area contributed by atoms with Gasteiger partial charge in [0.05, 0.1) is 5.69 Å². The molecular weight excluding hydrogens is 452 g/mol. The molecule has 1 atom stereocenters. The van der Waals surface area contributed by atoms with Crippen molar-refractivity contribution < 1.29 is 14.4 Å². The maximum atomic E-state index is 13.0. The molecule has 2 aromatic carbocycles. The van der Waals surface area contributed by atoms with Gasteiger partial charge in [-0.2, -0.15) is 0 Å². The van der Waals surface area contributed by atoms with E-state index in [1.165, 1.54) is 11.1 Å². The number of nitrogens with zero attached hydrogens (tertiary/aromatic N) is 3. The molecule has 36 heavy (non-hydrogen) atoms. The first-order chi connectivity index (χ1) is 17.4. The van der Waals surface area contributed by atoms with Gasteiger partial charge in [0.1, 0.15) is 6.04 Å². The largest absolute Gasteiger partial charge is 0.322 e. The van der Waals surface area contributed by atoms with Crippen LogP contribution in [0.4, 0.5) is 0 Å². The van der Waals surface area contributed by atoms with Crippen LogP contribution in [-0.4, -0.2) is 44.6 Å². The Labute approximate surface area is 211 Å². The molecule has 1 unspecified atom stereocenters. The predicted molar refractivity (Wildman–Crippen MR) is 137 cm³/mol. The summed E-state index contributed by atoms with van der Waals surface area (Å²) in [5.41, 5.74) is 5.73. The summed E-state index contributed by atoms with van der Waals surface area (Å²) in [6.45, 7) is 6.43. The lowest BCUT2D eigenvalue weighted by molar-refractivity contribution is -0.136. The van der Waals surface area contributed by atoms with Gasteiger partial charge in [-0.25, -0.2) is 0 Å². The summed E-state index contributed by atoms with van der Waals surface area (Å²) in [5, 5.41) is 2.35. The first-order valence-corrected chi connectivity index (χ1v) is 12.4. The van der Waals surface area contributed by atoms with E-state index in [0.29, 0.717) is 24.6 Å². The Kier molecular flexibility index (Phi) is 6.65. The molecule has 0 aliphatic carbocycles. The van der Waals surface area contributed by atoms with Crippen molar-refractivity contribution in [3.8, 4) is 11.3 Å². The highest BCUT2D eigenvalue weighted by molar-refractivity contribution is 6.05. The fourth-order valence-electron chi connectivity index (χ4n) is 4.94. The zero-order valence-electron chi connectivity index (χ0n) is 20.6. The van der Waals surface area contributed by atoms with Crippen molar-refractivity contribution in [3.05, 3.63) is 89.1 Å². The Morgan fingerprint density at radius 2 is 1.78 bits per heavy atom. The molecular formula is C29H30N4O3. The Hall–Kier alpha value is -3.84. The molecule has 5 rings (SSSR count). The van der Waals surface area contributed by atoms with E-state index in [0.717, 1.165) is 29.9 Å². The number of hydrogen-bond acceptors (Lipinski definition) is 5. The summed E-state index contributed by atoms with van der Waals surface area (Å²) < 4.78 is 0. The van der Waals surface area contributed by atoms with Crippen molar-refractivity contribution >= 4 is 17.7 Å². The smallest absolute Gasteiger partial charge is 0.255 e. The second-order valence-electron chi connectivity index (χ2n) is 9.81. The number of pyridine rings is 1. The van der Waals surface area contributed by atoms with Gasteiger partial charge in [-0.05, 0) is 61.2 Å². The number of nitrogens with one attached hydrogen (secondary N) is 1. The zero-order valence-corrected chi connectivity index (χ0v) is 20.6. The summed E-state index contributed by atoms with van der Waals surface area (Å²) in [5.74, 6) is -0.845. The Morgan fingerprint density at radius 1 is 1.00 bits per heavy atom. The number of aromatic nitrogens is 1. The molecule has 0 spiro atoms. The van der Waals surface area contributed by atoms with Crippen molar-refractivity contribution in [2.45, 2.75) is 58.4 Å². The Balaban J connectivity index is 1.34. The molecule has 7 nitrogen and oxygen atoms in total. The van der Waals surface area contributed by atoms with E-state index < -0.39 is 11.9 Å². The van der Waals surface area contributed by atoms with Gasteiger partial charge < -0.3 is 4.90 Å². The number of benzene rings is 2. The van der Waals surface area contributed by atoms with Gasteiger partial charge in [0, 0.05) is 49.4 Å². The molecule has 2 aliphatic heterocycles. The molecule has 184 valence electrons. The van der Waals surface area contributed by atoms with Crippen molar-refractivity contribution in [3.63, 3.8) is 0 Å². The van der Waals surface area contributed by atoms with E-state index in [9.17, 15) is 14.4 Å². The van der Waals surface area contributed by atoms with Crippen LogP contribution < -0.4 is 5.32 Å². The van der Waals surface area contributed by atoms with E-state index in [1.807, 2.05) is 36.5 Å². The highest BCUT2D eigenvalue weighted by atomic mass is 16.2. The van der Waals surface area contributed by atoms with Gasteiger partial charge in [-0.1, -0.05) is 36.4 Å². The molecule has 3 aromatic rings. The minimum atomic E-state index is -0.612. The lowest BCUT2D eigenvalue weighted by Gasteiger charge is -2.29. The van der Waals surface area contributed by atoms with Crippen LogP contribution in [0.2, 0.25) is 0 Å². The molecule has 7 heteroatoms. The van der Waals surface area contributed by atoms with E-state index in [-0.39, 0.29) is 18.2 Å². The molecule has 1 N–H and O–H groups in total. The van der Waals surface area contributed by atoms with E-state index in [1.54, 1.807) is 4.90 Å². The van der Waals surface area contributed by atoms with Crippen LogP contribution in [-0.2, 0) is 29.2 Å². The predicted octanol–water partition coefficient (Wildman–Crippen LogP) is 3.92. The van der Waals surface area contributed by atoms with Gasteiger partial charge in [0.2, 0.25) is 11.8 Å². The highest BCUT2D eigenvalue weighted by Gasteiger charge is 2.39. The quantitative estimate of drug-likeness (QED) is 0.516. The van der Waals surface area contributed by atoms with Crippen molar-refractivity contribution in [1.29, 1.82) is 0 Å². The fraction of sp³-hybridized carbons (Fsp3) is 0.310. The first kappa shape index (κ1) is 23.9. The lowest BCUT2D eigenvalue weighted by Crippen LogP contribution is -2.52. The minimum Gasteiger partial charge on any atom is -0.322 e. The SMILES string of the molecule is CC(C)N(Cc1ccccc1)Cc1ccnc(-c2ccc3c(c2)CN(C2CCC(=O)NC2=O)C3=O)c1. The number of imide groups is 1. The van der Waals surface area contributed by atoms with Crippen LogP contribution in [0.15, 0.2) is 66.9 Å². The average Bonchev–Trinajstić information content (AvgIpc) is 3.20. The van der Waals surface area contributed by atoms with E-state index >= 15 is 0 Å². The number of fused-ring (bicyclic) bond motifs is 1. The molecule has 1 aromatic heterocycles. The fourth-order valence-corrected chi connectivity index (χ4v) is 4.94. The van der Waals surface area contributed by atoms with Gasteiger partial charge in [-0.15, -0.1) is 0 Å². The normalized spacial score (nSPS) is 17.6. The second kappa shape index (κ2) is 10.0. The van der Waals surface area contributed by atoms with Crippen LogP contribution in [0.25, 0.3) is 11.3 Å². The summed E-state index contributed by atoms with van der Waals surface area (Å²) in [4.78, 5) is 45.4. The van der Waals surface area contributed by atoms with Crippen LogP contribution in [0.1, 0.15) is 53.7 Å². The van der Waals surface area contributed by atoms with Crippen LogP contribution in [0.3, 0.4) is 0 Å². The van der Waals surface area contributed by atoms with Gasteiger partial charge >= 0.3 is 0 Å². The Bertz CT molecular complexity index is 1300. The van der Waals surface area contributed by atoms with Crippen molar-refractivity contribution in [2.75, 3.05) is 0 Å². The molecule has 2 aliphatic rings. The minimum absolute atomic E-state index is 0.166. The van der Waals surface area contributed by atoms with Crippen LogP contribution in [0, 0.1) is 0 Å². The maximum Gasteiger partial charge on any atom is 0.255 e. The molecule has 0 bridgehead atoms. The summed E-state index contributed by atoms with van der Waals surface area (Å²) in [7, 11) is 0. The van der Waals surface area contributed by atoms with Crippen LogP contribution >= 0.6 is 0 Å². The number of carbonyl (C=O) groups excluding carboxylic acids is 3. The Morgan fingerprint density at radius 3 is 2.53 bits per heavy atom. The topological polar surface area (TPSA) is 82.6 Å². The van der Waals surface area contributed by atoms with Crippen LogP contribution in [0.5, 0.6) is 0 Å².